The van der Waals surface area contributed by atoms with Gasteiger partial charge in [0.25, 0.3) is 10.0 Å². The molecule has 6 nitrogen and oxygen atoms in total. The van der Waals surface area contributed by atoms with Crippen molar-refractivity contribution in [2.24, 2.45) is 0 Å². The molecule has 0 aliphatic carbocycles. The van der Waals surface area contributed by atoms with E-state index >= 15 is 0 Å². The summed E-state index contributed by atoms with van der Waals surface area (Å²) in [5.74, 6) is -0.722. The summed E-state index contributed by atoms with van der Waals surface area (Å²) in [6, 6.07) is 12.3. The second kappa shape index (κ2) is 7.04. The Morgan fingerprint density at radius 2 is 1.58 bits per heavy atom. The van der Waals surface area contributed by atoms with Crippen LogP contribution in [0.2, 0.25) is 0 Å². The van der Waals surface area contributed by atoms with Crippen molar-refractivity contribution in [1.82, 2.24) is 10.2 Å². The minimum Gasteiger partial charge on any atom is -0.336 e. The summed E-state index contributed by atoms with van der Waals surface area (Å²) in [5.41, 5.74) is 0.431. The van der Waals surface area contributed by atoms with E-state index in [9.17, 15) is 17.2 Å². The number of hydrogen-bond donors (Lipinski definition) is 2. The first kappa shape index (κ1) is 17.7. The first-order valence-corrected chi connectivity index (χ1v) is 8.98. The number of anilines is 3. The molecular formula is C17H14F2N4O2S. The van der Waals surface area contributed by atoms with Gasteiger partial charge in [0, 0.05) is 0 Å². The van der Waals surface area contributed by atoms with E-state index in [4.69, 9.17) is 0 Å². The smallest absolute Gasteiger partial charge is 0.263 e. The predicted molar refractivity (Wildman–Crippen MR) is 93.7 cm³/mol. The zero-order chi connectivity index (χ0) is 18.7. The number of hydrogen-bond acceptors (Lipinski definition) is 5. The summed E-state index contributed by atoms with van der Waals surface area (Å²) in [6.45, 7) is 1.47. The monoisotopic (exact) mass is 376 g/mol. The van der Waals surface area contributed by atoms with Gasteiger partial charge in [-0.25, -0.2) is 17.2 Å². The van der Waals surface area contributed by atoms with E-state index in [2.05, 4.69) is 20.2 Å². The van der Waals surface area contributed by atoms with Gasteiger partial charge in [0.05, 0.1) is 10.6 Å². The Hall–Kier alpha value is -3.07. The summed E-state index contributed by atoms with van der Waals surface area (Å²) in [4.78, 5) is -0.0910. The van der Waals surface area contributed by atoms with Crippen molar-refractivity contribution in [2.75, 3.05) is 10.0 Å². The quantitative estimate of drug-likeness (QED) is 0.711. The van der Waals surface area contributed by atoms with Crippen LogP contribution in [0.25, 0.3) is 0 Å². The summed E-state index contributed by atoms with van der Waals surface area (Å²) >= 11 is 0. The van der Waals surface area contributed by atoms with E-state index < -0.39 is 21.7 Å². The van der Waals surface area contributed by atoms with Crippen LogP contribution in [-0.2, 0) is 10.0 Å². The molecule has 0 saturated heterocycles. The average molecular weight is 376 g/mol. The number of aromatic nitrogens is 2. The molecule has 3 aromatic rings. The molecule has 0 saturated carbocycles. The van der Waals surface area contributed by atoms with Gasteiger partial charge in [-0.2, -0.15) is 0 Å². The molecule has 1 aromatic heterocycles. The predicted octanol–water partition coefficient (Wildman–Crippen LogP) is 3.61. The van der Waals surface area contributed by atoms with Crippen molar-refractivity contribution in [3.05, 3.63) is 71.8 Å². The van der Waals surface area contributed by atoms with Gasteiger partial charge in [0.15, 0.2) is 11.6 Å². The molecule has 0 aliphatic rings. The molecule has 26 heavy (non-hydrogen) atoms. The van der Waals surface area contributed by atoms with Gasteiger partial charge in [-0.3, -0.25) is 4.72 Å². The number of halogens is 2. The molecule has 134 valence electrons. The number of sulfonamides is 1. The molecule has 0 fully saturated rings. The Bertz CT molecular complexity index is 1040. The average Bonchev–Trinajstić information content (AvgIpc) is 2.60. The first-order chi connectivity index (χ1) is 12.3. The number of rotatable bonds is 5. The standard InChI is InChI=1S/C17H14F2N4O2S/c1-11-10-12(6-7-13(11)18)26(24,25)23-17-9-8-16(21-22-17)20-15-5-3-2-4-14(15)19/h2-10H,1H3,(H,20,21)(H,22,23). The van der Waals surface area contributed by atoms with Crippen LogP contribution < -0.4 is 10.0 Å². The fourth-order valence-corrected chi connectivity index (χ4v) is 3.22. The number of benzene rings is 2. The summed E-state index contributed by atoms with van der Waals surface area (Å²) in [5, 5.41) is 10.3. The van der Waals surface area contributed by atoms with Gasteiger partial charge in [-0.05, 0) is 55.0 Å². The van der Waals surface area contributed by atoms with Crippen LogP contribution in [0, 0.1) is 18.6 Å². The molecule has 2 aromatic carbocycles. The van der Waals surface area contributed by atoms with Crippen LogP contribution in [0.1, 0.15) is 5.56 Å². The van der Waals surface area contributed by atoms with E-state index in [1.54, 1.807) is 12.1 Å². The molecule has 0 atom stereocenters. The van der Waals surface area contributed by atoms with Gasteiger partial charge < -0.3 is 5.32 Å². The lowest BCUT2D eigenvalue weighted by atomic mass is 10.2. The highest BCUT2D eigenvalue weighted by Gasteiger charge is 2.16. The maximum atomic E-state index is 13.6. The number of nitrogens with zero attached hydrogens (tertiary/aromatic N) is 2. The van der Waals surface area contributed by atoms with Crippen LogP contribution in [0.3, 0.4) is 0 Å². The van der Waals surface area contributed by atoms with Gasteiger partial charge in [-0.1, -0.05) is 12.1 Å². The summed E-state index contributed by atoms with van der Waals surface area (Å²) in [7, 11) is -3.93. The zero-order valence-electron chi connectivity index (χ0n) is 13.6. The van der Waals surface area contributed by atoms with Gasteiger partial charge >= 0.3 is 0 Å². The summed E-state index contributed by atoms with van der Waals surface area (Å²) < 4.78 is 53.8. The lowest BCUT2D eigenvalue weighted by Gasteiger charge is -2.09. The van der Waals surface area contributed by atoms with Gasteiger partial charge in [0.2, 0.25) is 0 Å². The van der Waals surface area contributed by atoms with E-state index in [0.29, 0.717) is 0 Å². The van der Waals surface area contributed by atoms with E-state index in [0.717, 1.165) is 12.1 Å². The van der Waals surface area contributed by atoms with Gasteiger partial charge in [0.1, 0.15) is 11.6 Å². The Kier molecular flexibility index (Phi) is 4.81. The lowest BCUT2D eigenvalue weighted by molar-refractivity contribution is 0.598. The second-order valence-corrected chi connectivity index (χ2v) is 7.11. The molecule has 0 aliphatic heterocycles. The molecule has 0 spiro atoms. The number of para-hydroxylation sites is 1. The topological polar surface area (TPSA) is 84.0 Å². The first-order valence-electron chi connectivity index (χ1n) is 7.49. The van der Waals surface area contributed by atoms with Crippen LogP contribution >= 0.6 is 0 Å². The van der Waals surface area contributed by atoms with Crippen molar-refractivity contribution in [3.63, 3.8) is 0 Å². The van der Waals surface area contributed by atoms with E-state index in [-0.39, 0.29) is 27.8 Å². The maximum absolute atomic E-state index is 13.6. The molecule has 0 amide bonds. The Labute approximate surface area is 149 Å². The molecular weight excluding hydrogens is 362 g/mol. The molecule has 0 unspecified atom stereocenters. The highest BCUT2D eigenvalue weighted by Crippen LogP contribution is 2.20. The SMILES string of the molecule is Cc1cc(S(=O)(=O)Nc2ccc(Nc3ccccc3F)nn2)ccc1F. The maximum Gasteiger partial charge on any atom is 0.263 e. The van der Waals surface area contributed by atoms with Crippen LogP contribution in [0.5, 0.6) is 0 Å². The third-order valence-electron chi connectivity index (χ3n) is 3.48. The minimum atomic E-state index is -3.93. The molecule has 3 rings (SSSR count). The molecule has 9 heteroatoms. The van der Waals surface area contributed by atoms with E-state index in [1.165, 1.54) is 37.3 Å². The highest BCUT2D eigenvalue weighted by molar-refractivity contribution is 7.92. The highest BCUT2D eigenvalue weighted by atomic mass is 32.2. The third-order valence-corrected chi connectivity index (χ3v) is 4.83. The van der Waals surface area contributed by atoms with Crippen molar-refractivity contribution in [2.45, 2.75) is 11.8 Å². The minimum absolute atomic E-state index is 0.0222. The van der Waals surface area contributed by atoms with E-state index in [1.807, 2.05) is 0 Å². The van der Waals surface area contributed by atoms with Crippen molar-refractivity contribution < 1.29 is 17.2 Å². The Morgan fingerprint density at radius 3 is 2.23 bits per heavy atom. The van der Waals surface area contributed by atoms with Crippen molar-refractivity contribution in [1.29, 1.82) is 0 Å². The normalized spacial score (nSPS) is 11.2. The fraction of sp³-hybridized carbons (Fsp3) is 0.0588. The fourth-order valence-electron chi connectivity index (χ4n) is 2.13. The van der Waals surface area contributed by atoms with Crippen LogP contribution in [0.15, 0.2) is 59.5 Å². The Balaban J connectivity index is 1.76. The molecule has 2 N–H and O–H groups in total. The zero-order valence-corrected chi connectivity index (χ0v) is 14.4. The van der Waals surface area contributed by atoms with Crippen molar-refractivity contribution >= 4 is 27.3 Å². The third kappa shape index (κ3) is 3.94. The number of aryl methyl sites for hydroxylation is 1. The number of nitrogens with one attached hydrogen (secondary N) is 2. The van der Waals surface area contributed by atoms with Crippen molar-refractivity contribution in [3.8, 4) is 0 Å². The Morgan fingerprint density at radius 1 is 0.885 bits per heavy atom. The van der Waals surface area contributed by atoms with Gasteiger partial charge in [-0.15, -0.1) is 10.2 Å². The summed E-state index contributed by atoms with van der Waals surface area (Å²) in [6.07, 6.45) is 0. The van der Waals surface area contributed by atoms with Crippen LogP contribution in [0.4, 0.5) is 26.1 Å². The molecule has 0 radical (unpaired) electrons. The lowest BCUT2D eigenvalue weighted by Crippen LogP contribution is -2.14. The van der Waals surface area contributed by atoms with Crippen LogP contribution in [-0.4, -0.2) is 18.6 Å². The second-order valence-electron chi connectivity index (χ2n) is 5.43. The molecule has 1 heterocycles. The molecule has 0 bridgehead atoms. The largest absolute Gasteiger partial charge is 0.336 e.